The van der Waals surface area contributed by atoms with Gasteiger partial charge in [-0.2, -0.15) is 0 Å². The number of rotatable bonds is 8. The number of hydrogen-bond acceptors (Lipinski definition) is 6. The van der Waals surface area contributed by atoms with Crippen molar-refractivity contribution in [2.24, 2.45) is 4.99 Å². The summed E-state index contributed by atoms with van der Waals surface area (Å²) in [6, 6.07) is 7.29. The van der Waals surface area contributed by atoms with Crippen LogP contribution in [0.1, 0.15) is 50.0 Å². The van der Waals surface area contributed by atoms with E-state index in [1.807, 2.05) is 45.0 Å². The number of allylic oxidation sites excluding steroid dienone is 1. The Morgan fingerprint density at radius 1 is 1.23 bits per heavy atom. The van der Waals surface area contributed by atoms with Gasteiger partial charge in [0.15, 0.2) is 11.5 Å². The highest BCUT2D eigenvalue weighted by Crippen LogP contribution is 2.33. The third kappa shape index (κ3) is 5.53. The van der Waals surface area contributed by atoms with Crippen LogP contribution in [-0.4, -0.2) is 36.5 Å². The van der Waals surface area contributed by atoms with Crippen LogP contribution in [0.25, 0.3) is 0 Å². The summed E-state index contributed by atoms with van der Waals surface area (Å²) in [6.45, 7) is 7.49. The van der Waals surface area contributed by atoms with Crippen LogP contribution < -0.4 is 15.4 Å². The molecular formula is C23H29N5O2. The molecule has 0 fully saturated rings. The Morgan fingerprint density at radius 2 is 1.97 bits per heavy atom. The van der Waals surface area contributed by atoms with E-state index in [2.05, 4.69) is 20.6 Å². The molecule has 0 saturated heterocycles. The van der Waals surface area contributed by atoms with Gasteiger partial charge >= 0.3 is 0 Å². The first-order valence-corrected chi connectivity index (χ1v) is 9.72. The molecule has 3 N–H and O–H groups in total. The van der Waals surface area contributed by atoms with Gasteiger partial charge in [0.2, 0.25) is 0 Å². The van der Waals surface area contributed by atoms with E-state index in [-0.39, 0.29) is 5.78 Å². The fraction of sp³-hybridized carbons (Fsp3) is 0.304. The minimum absolute atomic E-state index is 0.0245. The number of Topliss-reactive ketones (excluding diaryl/α,β-unsaturated/α-hetero) is 1. The van der Waals surface area contributed by atoms with Gasteiger partial charge in [0.05, 0.1) is 24.0 Å². The van der Waals surface area contributed by atoms with Crippen molar-refractivity contribution < 1.29 is 9.53 Å². The van der Waals surface area contributed by atoms with Crippen LogP contribution in [0.15, 0.2) is 47.1 Å². The molecule has 30 heavy (non-hydrogen) atoms. The zero-order valence-electron chi connectivity index (χ0n) is 18.4. The van der Waals surface area contributed by atoms with Crippen molar-refractivity contribution in [2.75, 3.05) is 24.8 Å². The van der Waals surface area contributed by atoms with Crippen LogP contribution in [0.4, 0.5) is 17.2 Å². The molecule has 0 spiro atoms. The van der Waals surface area contributed by atoms with E-state index >= 15 is 0 Å². The van der Waals surface area contributed by atoms with Crippen molar-refractivity contribution in [3.63, 3.8) is 0 Å². The molecule has 7 nitrogen and oxygen atoms in total. The number of methoxy groups -OCH3 is 1. The molecule has 0 aliphatic heterocycles. The zero-order valence-corrected chi connectivity index (χ0v) is 18.4. The minimum Gasteiger partial charge on any atom is -0.494 e. The Labute approximate surface area is 177 Å². The molecule has 0 radical (unpaired) electrons. The lowest BCUT2D eigenvalue weighted by Gasteiger charge is -2.17. The molecular weight excluding hydrogens is 378 g/mol. The van der Waals surface area contributed by atoms with Crippen LogP contribution in [0.3, 0.4) is 0 Å². The Balaban J connectivity index is 2.52. The smallest absolute Gasteiger partial charge is 0.166 e. The number of carbonyl (C=O) groups is 1. The summed E-state index contributed by atoms with van der Waals surface area (Å²) in [5, 5.41) is 14.5. The fourth-order valence-corrected chi connectivity index (χ4v) is 2.90. The first-order valence-electron chi connectivity index (χ1n) is 9.72. The van der Waals surface area contributed by atoms with E-state index in [1.54, 1.807) is 33.3 Å². The second-order valence-electron chi connectivity index (χ2n) is 6.98. The lowest BCUT2D eigenvalue weighted by molar-refractivity contribution is 0.0988. The predicted molar refractivity (Wildman–Crippen MR) is 124 cm³/mol. The standard InChI is InChI=1S/C23H29N5O2/c1-7-20(29)17-13-26-22(28-21(25-5)11-14(2)3)12-19(17)27-18-10-8-9-16(15(4)24)23(18)30-6/h8-13,24H,7H2,1-6H3,(H2,25,26,27,28). The third-order valence-electron chi connectivity index (χ3n) is 4.34. The van der Waals surface area contributed by atoms with Crippen LogP contribution in [0, 0.1) is 5.41 Å². The number of para-hydroxylation sites is 1. The van der Waals surface area contributed by atoms with Gasteiger partial charge in [0.25, 0.3) is 0 Å². The van der Waals surface area contributed by atoms with Crippen molar-refractivity contribution in [3.05, 3.63) is 53.2 Å². The molecule has 1 aromatic carbocycles. The Bertz CT molecular complexity index is 1000. The van der Waals surface area contributed by atoms with Gasteiger partial charge in [0.1, 0.15) is 11.7 Å². The summed E-state index contributed by atoms with van der Waals surface area (Å²) in [7, 11) is 3.26. The number of ketones is 1. The highest BCUT2D eigenvalue weighted by atomic mass is 16.5. The van der Waals surface area contributed by atoms with Gasteiger partial charge in [-0.15, -0.1) is 0 Å². The fourth-order valence-electron chi connectivity index (χ4n) is 2.90. The number of pyridine rings is 1. The number of anilines is 3. The molecule has 7 heteroatoms. The highest BCUT2D eigenvalue weighted by molar-refractivity contribution is 6.06. The molecule has 2 rings (SSSR count). The molecule has 0 bridgehead atoms. The van der Waals surface area contributed by atoms with Crippen LogP contribution >= 0.6 is 0 Å². The molecule has 2 aromatic rings. The average Bonchev–Trinajstić information content (AvgIpc) is 2.72. The van der Waals surface area contributed by atoms with Crippen LogP contribution in [0.5, 0.6) is 5.75 Å². The molecule has 0 atom stereocenters. The Kier molecular flexibility index (Phi) is 7.86. The maximum Gasteiger partial charge on any atom is 0.166 e. The van der Waals surface area contributed by atoms with Gasteiger partial charge in [-0.05, 0) is 39.0 Å². The van der Waals surface area contributed by atoms with Crippen molar-refractivity contribution >= 4 is 34.5 Å². The average molecular weight is 408 g/mol. The lowest BCUT2D eigenvalue weighted by Crippen LogP contribution is -2.12. The number of benzene rings is 1. The van der Waals surface area contributed by atoms with Gasteiger partial charge in [0, 0.05) is 37.0 Å². The molecule has 0 amide bonds. The highest BCUT2D eigenvalue weighted by Gasteiger charge is 2.16. The van der Waals surface area contributed by atoms with Crippen LogP contribution in [0.2, 0.25) is 0 Å². The normalized spacial score (nSPS) is 10.9. The van der Waals surface area contributed by atoms with E-state index in [0.717, 1.165) is 5.57 Å². The molecule has 0 saturated carbocycles. The number of ether oxygens (including phenoxy) is 1. The Hall–Kier alpha value is -3.48. The number of amidine groups is 1. The number of hydrogen-bond donors (Lipinski definition) is 3. The number of aliphatic imine (C=N–C) groups is 1. The Morgan fingerprint density at radius 3 is 2.53 bits per heavy atom. The number of carbonyl (C=O) groups excluding carboxylic acids is 1. The summed E-state index contributed by atoms with van der Waals surface area (Å²) in [5.41, 5.74) is 3.93. The van der Waals surface area contributed by atoms with E-state index in [4.69, 9.17) is 10.1 Å². The van der Waals surface area contributed by atoms with E-state index in [9.17, 15) is 4.79 Å². The largest absolute Gasteiger partial charge is 0.494 e. The summed E-state index contributed by atoms with van der Waals surface area (Å²) in [6.07, 6.45) is 3.84. The summed E-state index contributed by atoms with van der Waals surface area (Å²) in [5.74, 6) is 1.75. The van der Waals surface area contributed by atoms with Crippen molar-refractivity contribution in [1.29, 1.82) is 5.41 Å². The summed E-state index contributed by atoms with van der Waals surface area (Å²) in [4.78, 5) is 21.1. The number of nitrogens with zero attached hydrogens (tertiary/aromatic N) is 2. The van der Waals surface area contributed by atoms with Crippen LogP contribution in [-0.2, 0) is 0 Å². The third-order valence-corrected chi connectivity index (χ3v) is 4.34. The number of aromatic nitrogens is 1. The minimum atomic E-state index is -0.0245. The van der Waals surface area contributed by atoms with E-state index in [0.29, 0.717) is 52.0 Å². The summed E-state index contributed by atoms with van der Waals surface area (Å²) < 4.78 is 5.55. The SMILES string of the molecule is CCC(=O)c1cnc(NC(C=C(C)C)=NC)cc1Nc1cccc(C(C)=N)c1OC. The first kappa shape index (κ1) is 22.8. The topological polar surface area (TPSA) is 99.5 Å². The van der Waals surface area contributed by atoms with Gasteiger partial charge in [-0.25, -0.2) is 4.98 Å². The van der Waals surface area contributed by atoms with Crippen molar-refractivity contribution in [2.45, 2.75) is 34.1 Å². The maximum absolute atomic E-state index is 12.5. The molecule has 158 valence electrons. The van der Waals surface area contributed by atoms with Gasteiger partial charge in [-0.3, -0.25) is 9.79 Å². The molecule has 0 aliphatic rings. The second-order valence-corrected chi connectivity index (χ2v) is 6.98. The summed E-state index contributed by atoms with van der Waals surface area (Å²) >= 11 is 0. The van der Waals surface area contributed by atoms with Gasteiger partial charge in [-0.1, -0.05) is 18.6 Å². The van der Waals surface area contributed by atoms with Crippen molar-refractivity contribution in [3.8, 4) is 5.75 Å². The van der Waals surface area contributed by atoms with Crippen molar-refractivity contribution in [1.82, 2.24) is 4.98 Å². The monoisotopic (exact) mass is 407 g/mol. The first-order chi connectivity index (χ1) is 14.3. The zero-order chi connectivity index (χ0) is 22.3. The van der Waals surface area contributed by atoms with Gasteiger partial charge < -0.3 is 20.8 Å². The molecule has 0 unspecified atom stereocenters. The van der Waals surface area contributed by atoms with E-state index in [1.165, 1.54) is 0 Å². The van der Waals surface area contributed by atoms with E-state index < -0.39 is 0 Å². The quantitative estimate of drug-likeness (QED) is 0.316. The second kappa shape index (κ2) is 10.3. The maximum atomic E-state index is 12.5. The predicted octanol–water partition coefficient (Wildman–Crippen LogP) is 5.22. The molecule has 1 aromatic heterocycles. The number of nitrogens with one attached hydrogen (secondary N) is 3. The molecule has 1 heterocycles. The lowest BCUT2D eigenvalue weighted by atomic mass is 10.1. The molecule has 0 aliphatic carbocycles.